The lowest BCUT2D eigenvalue weighted by Gasteiger charge is -2.23. The fraction of sp³-hybridized carbons (Fsp3) is 0.600. The van der Waals surface area contributed by atoms with Gasteiger partial charge in [-0.3, -0.25) is 0 Å². The minimum atomic E-state index is -3.41. The molecule has 0 aliphatic heterocycles. The summed E-state index contributed by atoms with van der Waals surface area (Å²) in [5.41, 5.74) is 1.86. The van der Waals surface area contributed by atoms with E-state index in [0.29, 0.717) is 11.4 Å². The maximum absolute atomic E-state index is 12.5. The van der Waals surface area contributed by atoms with E-state index in [1.807, 2.05) is 26.1 Å². The summed E-state index contributed by atoms with van der Waals surface area (Å²) in [6, 6.07) is 5.57. The zero-order valence-electron chi connectivity index (χ0n) is 12.3. The Balaban J connectivity index is 2.22. The van der Waals surface area contributed by atoms with Crippen molar-refractivity contribution in [2.75, 3.05) is 7.05 Å². The Hall–Kier alpha value is -0.910. The maximum Gasteiger partial charge on any atom is 0.241 e. The van der Waals surface area contributed by atoms with Gasteiger partial charge in [-0.15, -0.1) is 0 Å². The number of hydrogen-bond acceptors (Lipinski definition) is 3. The molecule has 2 rings (SSSR count). The van der Waals surface area contributed by atoms with Crippen LogP contribution in [0, 0.1) is 6.92 Å². The maximum atomic E-state index is 12.5. The Morgan fingerprint density at radius 1 is 1.20 bits per heavy atom. The molecule has 0 saturated heterocycles. The Morgan fingerprint density at radius 2 is 1.90 bits per heavy atom. The van der Waals surface area contributed by atoms with Gasteiger partial charge in [0.1, 0.15) is 0 Å². The molecule has 1 saturated carbocycles. The van der Waals surface area contributed by atoms with E-state index in [-0.39, 0.29) is 6.04 Å². The summed E-state index contributed by atoms with van der Waals surface area (Å²) >= 11 is 0. The first kappa shape index (κ1) is 15.5. The third-order valence-corrected chi connectivity index (χ3v) is 5.64. The highest BCUT2D eigenvalue weighted by molar-refractivity contribution is 7.89. The molecule has 4 nitrogen and oxygen atoms in total. The number of benzene rings is 1. The second kappa shape index (κ2) is 6.70. The van der Waals surface area contributed by atoms with Gasteiger partial charge < -0.3 is 5.32 Å². The van der Waals surface area contributed by atoms with E-state index in [4.69, 9.17) is 0 Å². The molecule has 1 aromatic carbocycles. The van der Waals surface area contributed by atoms with Gasteiger partial charge in [0.2, 0.25) is 10.0 Å². The Bertz CT molecular complexity index is 549. The Morgan fingerprint density at radius 3 is 2.55 bits per heavy atom. The fourth-order valence-corrected chi connectivity index (χ4v) is 4.43. The molecule has 0 aromatic heterocycles. The third-order valence-electron chi connectivity index (χ3n) is 3.98. The van der Waals surface area contributed by atoms with Crippen molar-refractivity contribution in [1.82, 2.24) is 10.0 Å². The van der Waals surface area contributed by atoms with Gasteiger partial charge in [-0.1, -0.05) is 31.4 Å². The quantitative estimate of drug-likeness (QED) is 0.877. The van der Waals surface area contributed by atoms with E-state index in [0.717, 1.165) is 36.8 Å². The summed E-state index contributed by atoms with van der Waals surface area (Å²) in [5.74, 6) is 0. The van der Waals surface area contributed by atoms with Gasteiger partial charge in [0.25, 0.3) is 0 Å². The van der Waals surface area contributed by atoms with Gasteiger partial charge in [0, 0.05) is 12.6 Å². The van der Waals surface area contributed by atoms with Gasteiger partial charge >= 0.3 is 0 Å². The molecule has 0 heterocycles. The summed E-state index contributed by atoms with van der Waals surface area (Å²) in [7, 11) is -1.55. The highest BCUT2D eigenvalue weighted by atomic mass is 32.2. The van der Waals surface area contributed by atoms with Gasteiger partial charge in [-0.05, 0) is 44.0 Å². The van der Waals surface area contributed by atoms with Crippen LogP contribution in [-0.2, 0) is 16.6 Å². The van der Waals surface area contributed by atoms with Gasteiger partial charge in [0.15, 0.2) is 0 Å². The second-order valence-corrected chi connectivity index (χ2v) is 7.21. The molecule has 1 fully saturated rings. The van der Waals surface area contributed by atoms with Crippen LogP contribution in [0.2, 0.25) is 0 Å². The molecule has 1 aliphatic carbocycles. The monoisotopic (exact) mass is 296 g/mol. The van der Waals surface area contributed by atoms with Crippen LogP contribution in [0.15, 0.2) is 23.1 Å². The average molecular weight is 296 g/mol. The zero-order valence-corrected chi connectivity index (χ0v) is 13.1. The van der Waals surface area contributed by atoms with Crippen LogP contribution in [0.3, 0.4) is 0 Å². The number of nitrogens with one attached hydrogen (secondary N) is 2. The molecule has 0 atom stereocenters. The van der Waals surface area contributed by atoms with Crippen molar-refractivity contribution in [2.24, 2.45) is 0 Å². The first-order valence-electron chi connectivity index (χ1n) is 7.30. The molecule has 0 spiro atoms. The molecule has 2 N–H and O–H groups in total. The van der Waals surface area contributed by atoms with E-state index < -0.39 is 10.0 Å². The van der Waals surface area contributed by atoms with Gasteiger partial charge in [0.05, 0.1) is 4.90 Å². The van der Waals surface area contributed by atoms with Crippen LogP contribution in [0.4, 0.5) is 0 Å². The first-order chi connectivity index (χ1) is 9.54. The van der Waals surface area contributed by atoms with Crippen molar-refractivity contribution in [1.29, 1.82) is 0 Å². The molecule has 1 aromatic rings. The molecular formula is C15H24N2O2S. The van der Waals surface area contributed by atoms with Crippen LogP contribution in [0.25, 0.3) is 0 Å². The summed E-state index contributed by atoms with van der Waals surface area (Å²) in [4.78, 5) is 0.413. The largest absolute Gasteiger partial charge is 0.316 e. The topological polar surface area (TPSA) is 58.2 Å². The zero-order chi connectivity index (χ0) is 14.6. The van der Waals surface area contributed by atoms with E-state index in [9.17, 15) is 8.42 Å². The summed E-state index contributed by atoms with van der Waals surface area (Å²) < 4.78 is 28.0. The van der Waals surface area contributed by atoms with Crippen LogP contribution in [0.1, 0.15) is 43.2 Å². The van der Waals surface area contributed by atoms with Crippen LogP contribution >= 0.6 is 0 Å². The SMILES string of the molecule is CNCc1cccc(S(=O)(=O)NC2CCCCC2)c1C. The van der Waals surface area contributed by atoms with Crippen LogP contribution in [-0.4, -0.2) is 21.5 Å². The van der Waals surface area contributed by atoms with E-state index in [1.54, 1.807) is 6.07 Å². The summed E-state index contributed by atoms with van der Waals surface area (Å²) in [5, 5.41) is 3.07. The highest BCUT2D eigenvalue weighted by Gasteiger charge is 2.23. The van der Waals surface area contributed by atoms with Crippen molar-refractivity contribution in [2.45, 2.75) is 56.5 Å². The van der Waals surface area contributed by atoms with Crippen molar-refractivity contribution in [3.05, 3.63) is 29.3 Å². The van der Waals surface area contributed by atoms with Crippen LogP contribution in [0.5, 0.6) is 0 Å². The second-order valence-electron chi connectivity index (χ2n) is 5.53. The highest BCUT2D eigenvalue weighted by Crippen LogP contribution is 2.22. The van der Waals surface area contributed by atoms with E-state index in [2.05, 4.69) is 10.0 Å². The predicted molar refractivity (Wildman–Crippen MR) is 81.1 cm³/mol. The summed E-state index contributed by atoms with van der Waals surface area (Å²) in [6.07, 6.45) is 5.36. The molecular weight excluding hydrogens is 272 g/mol. The fourth-order valence-electron chi connectivity index (χ4n) is 2.84. The lowest BCUT2D eigenvalue weighted by atomic mass is 9.96. The normalized spacial score (nSPS) is 17.3. The van der Waals surface area contributed by atoms with Crippen LogP contribution < -0.4 is 10.0 Å². The standard InChI is InChI=1S/C15H24N2O2S/c1-12-13(11-16-2)7-6-10-15(12)20(18,19)17-14-8-4-3-5-9-14/h6-7,10,14,16-17H,3-5,8-9,11H2,1-2H3. The molecule has 0 radical (unpaired) electrons. The van der Waals surface area contributed by atoms with E-state index in [1.165, 1.54) is 6.42 Å². The minimum Gasteiger partial charge on any atom is -0.316 e. The lowest BCUT2D eigenvalue weighted by molar-refractivity contribution is 0.412. The average Bonchev–Trinajstić information content (AvgIpc) is 2.42. The lowest BCUT2D eigenvalue weighted by Crippen LogP contribution is -2.36. The number of rotatable bonds is 5. The molecule has 0 bridgehead atoms. The third kappa shape index (κ3) is 3.59. The van der Waals surface area contributed by atoms with Gasteiger partial charge in [-0.25, -0.2) is 13.1 Å². The number of hydrogen-bond donors (Lipinski definition) is 2. The smallest absolute Gasteiger partial charge is 0.241 e. The molecule has 0 amide bonds. The molecule has 5 heteroatoms. The molecule has 112 valence electrons. The van der Waals surface area contributed by atoms with E-state index >= 15 is 0 Å². The van der Waals surface area contributed by atoms with Crippen molar-refractivity contribution in [3.63, 3.8) is 0 Å². The Labute approximate surface area is 122 Å². The molecule has 20 heavy (non-hydrogen) atoms. The van der Waals surface area contributed by atoms with Crippen molar-refractivity contribution < 1.29 is 8.42 Å². The Kier molecular flexibility index (Phi) is 5.18. The first-order valence-corrected chi connectivity index (χ1v) is 8.78. The van der Waals surface area contributed by atoms with Crippen molar-refractivity contribution >= 4 is 10.0 Å². The molecule has 1 aliphatic rings. The number of sulfonamides is 1. The summed E-state index contributed by atoms with van der Waals surface area (Å²) in [6.45, 7) is 2.56. The predicted octanol–water partition coefficient (Wildman–Crippen LogP) is 2.33. The van der Waals surface area contributed by atoms with Crippen molar-refractivity contribution in [3.8, 4) is 0 Å². The molecule has 0 unspecified atom stereocenters. The minimum absolute atomic E-state index is 0.0982. The van der Waals surface area contributed by atoms with Gasteiger partial charge in [-0.2, -0.15) is 0 Å².